The Balaban J connectivity index is 0.00000385. The summed E-state index contributed by atoms with van der Waals surface area (Å²) in [4.78, 5) is 19.4. The number of phenolic OH excluding ortho intramolecular Hbond substituents is 2. The number of phenols is 2. The van der Waals surface area contributed by atoms with Gasteiger partial charge in [-0.3, -0.25) is 24.8 Å². The number of hydrogen-bond acceptors (Lipinski definition) is 11. The van der Waals surface area contributed by atoms with Gasteiger partial charge in [-0.2, -0.15) is 8.42 Å². The van der Waals surface area contributed by atoms with Crippen LogP contribution in [0.25, 0.3) is 10.8 Å². The van der Waals surface area contributed by atoms with Gasteiger partial charge in [-0.1, -0.05) is 11.6 Å². The van der Waals surface area contributed by atoms with Gasteiger partial charge in [-0.05, 0) is 11.5 Å². The van der Waals surface area contributed by atoms with Crippen LogP contribution in [0.15, 0.2) is 45.5 Å². The molecule has 174 valence electrons. The van der Waals surface area contributed by atoms with Crippen molar-refractivity contribution in [2.45, 2.75) is 4.90 Å². The van der Waals surface area contributed by atoms with Crippen LogP contribution in [-0.4, -0.2) is 38.5 Å². The van der Waals surface area contributed by atoms with Gasteiger partial charge in [0.1, 0.15) is 16.3 Å². The molecule has 15 nitrogen and oxygen atoms in total. The largest absolute Gasteiger partial charge is 0.505 e. The quantitative estimate of drug-likeness (QED) is 0.130. The second-order valence-electron chi connectivity index (χ2n) is 6.19. The maximum Gasteiger partial charge on any atom is 0.296 e. The van der Waals surface area contributed by atoms with E-state index in [0.29, 0.717) is 0 Å². The molecule has 0 aliphatic carbocycles. The molecule has 0 aromatic heterocycles. The maximum atomic E-state index is 11.8. The van der Waals surface area contributed by atoms with Gasteiger partial charge in [-0.25, -0.2) is 0 Å². The van der Waals surface area contributed by atoms with Crippen molar-refractivity contribution in [2.75, 3.05) is 5.73 Å². The fourth-order valence-electron chi connectivity index (χ4n) is 2.76. The molecule has 3 aromatic rings. The summed E-state index contributed by atoms with van der Waals surface area (Å²) >= 11 is 5.71. The number of non-ortho nitro benzene ring substituents is 2. The molecule has 0 atom stereocenters. The molecule has 7 N–H and O–H groups in total. The lowest BCUT2D eigenvalue weighted by Gasteiger charge is -2.10. The van der Waals surface area contributed by atoms with Gasteiger partial charge in [0.2, 0.25) is 0 Å². The Kier molecular flexibility index (Phi) is 6.70. The zero-order valence-electron chi connectivity index (χ0n) is 15.8. The molecule has 0 spiro atoms. The number of nitro benzene ring substituents is 2. The summed E-state index contributed by atoms with van der Waals surface area (Å²) in [5.41, 5.74) is 2.95. The Labute approximate surface area is 187 Å². The second kappa shape index (κ2) is 8.79. The van der Waals surface area contributed by atoms with Gasteiger partial charge in [0.05, 0.1) is 20.6 Å². The van der Waals surface area contributed by atoms with Gasteiger partial charge in [0, 0.05) is 29.7 Å². The molecule has 0 amide bonds. The zero-order chi connectivity index (χ0) is 24.0. The highest BCUT2D eigenvalue weighted by Crippen LogP contribution is 2.46. The van der Waals surface area contributed by atoms with Crippen LogP contribution in [0.2, 0.25) is 5.02 Å². The minimum Gasteiger partial charge on any atom is -0.505 e. The summed E-state index contributed by atoms with van der Waals surface area (Å²) in [6.45, 7) is 0. The molecule has 0 aliphatic rings. The predicted molar refractivity (Wildman–Crippen MR) is 114 cm³/mol. The van der Waals surface area contributed by atoms with Crippen molar-refractivity contribution < 1.29 is 38.5 Å². The highest BCUT2D eigenvalue weighted by molar-refractivity contribution is 7.86. The van der Waals surface area contributed by atoms with Crippen molar-refractivity contribution >= 4 is 60.9 Å². The average molecular weight is 502 g/mol. The maximum absolute atomic E-state index is 11.8. The number of aromatic hydroxyl groups is 2. The number of nitrogen functional groups attached to an aromatic ring is 1. The standard InChI is InChI=1S/C16H10ClN5O9S.H2O/c17-9-3-8(22(27)28)5-11(15(9)23)19-20-14-12(32(29,30)31)2-6-1-7(21(25)26)4-10(18)13(6)16(14)24;/h1-5,23-24H,18H2,(H,29,30,31);1H2. The molecule has 0 aliphatic heterocycles. The van der Waals surface area contributed by atoms with Crippen molar-refractivity contribution in [3.05, 3.63) is 55.6 Å². The SMILES string of the molecule is Nc1cc([N+](=O)[O-])cc2cc(S(=O)(=O)O)c(N=Nc3cc([N+](=O)[O-])cc(Cl)c3O)c(O)c12.O. The van der Waals surface area contributed by atoms with E-state index in [1.807, 2.05) is 0 Å². The molecular weight excluding hydrogens is 490 g/mol. The Morgan fingerprint density at radius 2 is 1.52 bits per heavy atom. The Bertz CT molecular complexity index is 1460. The molecule has 0 heterocycles. The van der Waals surface area contributed by atoms with E-state index in [9.17, 15) is 43.4 Å². The van der Waals surface area contributed by atoms with Gasteiger partial charge in [0.15, 0.2) is 11.5 Å². The summed E-state index contributed by atoms with van der Waals surface area (Å²) < 4.78 is 33.2. The third kappa shape index (κ3) is 4.72. The van der Waals surface area contributed by atoms with Crippen molar-refractivity contribution in [3.8, 4) is 11.5 Å². The topological polar surface area (TPSA) is 263 Å². The van der Waals surface area contributed by atoms with E-state index in [4.69, 9.17) is 17.3 Å². The molecule has 0 saturated carbocycles. The van der Waals surface area contributed by atoms with Gasteiger partial charge in [-0.15, -0.1) is 10.2 Å². The van der Waals surface area contributed by atoms with Crippen LogP contribution in [-0.2, 0) is 10.1 Å². The van der Waals surface area contributed by atoms with Crippen LogP contribution < -0.4 is 5.73 Å². The number of nitrogens with zero attached hydrogens (tertiary/aromatic N) is 4. The highest BCUT2D eigenvalue weighted by Gasteiger charge is 2.25. The van der Waals surface area contributed by atoms with E-state index < -0.39 is 64.1 Å². The molecule has 0 fully saturated rings. The predicted octanol–water partition coefficient (Wildman–Crippen LogP) is 3.14. The monoisotopic (exact) mass is 501 g/mol. The molecule has 0 radical (unpaired) electrons. The number of rotatable bonds is 5. The Hall–Kier alpha value is -4.12. The van der Waals surface area contributed by atoms with Crippen molar-refractivity contribution in [2.24, 2.45) is 10.2 Å². The molecule has 0 unspecified atom stereocenters. The van der Waals surface area contributed by atoms with E-state index in [2.05, 4.69) is 10.2 Å². The first-order valence-electron chi connectivity index (χ1n) is 8.11. The minimum absolute atomic E-state index is 0. The second-order valence-corrected chi connectivity index (χ2v) is 7.99. The molecule has 0 bridgehead atoms. The Morgan fingerprint density at radius 3 is 2.06 bits per heavy atom. The number of halogens is 1. The lowest BCUT2D eigenvalue weighted by molar-refractivity contribution is -0.384. The number of nitrogens with two attached hydrogens (primary N) is 1. The average Bonchev–Trinajstić information content (AvgIpc) is 2.68. The molecule has 3 aromatic carbocycles. The van der Waals surface area contributed by atoms with E-state index in [1.54, 1.807) is 0 Å². The normalized spacial score (nSPS) is 11.5. The van der Waals surface area contributed by atoms with Crippen LogP contribution >= 0.6 is 11.6 Å². The van der Waals surface area contributed by atoms with Gasteiger partial charge >= 0.3 is 0 Å². The van der Waals surface area contributed by atoms with E-state index in [0.717, 1.165) is 30.3 Å². The molecular formula is C16H12ClN5O10S. The smallest absolute Gasteiger partial charge is 0.296 e. The van der Waals surface area contributed by atoms with Crippen LogP contribution in [0.5, 0.6) is 11.5 Å². The van der Waals surface area contributed by atoms with E-state index in [1.165, 1.54) is 0 Å². The first kappa shape index (κ1) is 25.1. The number of hydrogen-bond donors (Lipinski definition) is 4. The third-order valence-electron chi connectivity index (χ3n) is 4.15. The van der Waals surface area contributed by atoms with E-state index in [-0.39, 0.29) is 21.9 Å². The minimum atomic E-state index is -5.06. The van der Waals surface area contributed by atoms with Crippen molar-refractivity contribution in [1.29, 1.82) is 0 Å². The number of benzene rings is 3. The molecule has 33 heavy (non-hydrogen) atoms. The number of fused-ring (bicyclic) bond motifs is 1. The van der Waals surface area contributed by atoms with E-state index >= 15 is 0 Å². The van der Waals surface area contributed by atoms with Crippen LogP contribution in [0, 0.1) is 20.2 Å². The fourth-order valence-corrected chi connectivity index (χ4v) is 3.62. The summed E-state index contributed by atoms with van der Waals surface area (Å²) in [6, 6.07) is 4.19. The van der Waals surface area contributed by atoms with Crippen molar-refractivity contribution in [3.63, 3.8) is 0 Å². The molecule has 0 saturated heterocycles. The van der Waals surface area contributed by atoms with Gasteiger partial charge in [0.25, 0.3) is 21.5 Å². The highest BCUT2D eigenvalue weighted by atomic mass is 35.5. The molecule has 17 heteroatoms. The first-order chi connectivity index (χ1) is 14.8. The number of azo groups is 1. The summed E-state index contributed by atoms with van der Waals surface area (Å²) in [7, 11) is -5.06. The third-order valence-corrected chi connectivity index (χ3v) is 5.31. The Morgan fingerprint density at radius 1 is 0.939 bits per heavy atom. The van der Waals surface area contributed by atoms with Crippen LogP contribution in [0.3, 0.4) is 0 Å². The van der Waals surface area contributed by atoms with Crippen molar-refractivity contribution in [1.82, 2.24) is 0 Å². The summed E-state index contributed by atoms with van der Waals surface area (Å²) in [5, 5.41) is 48.6. The number of anilines is 1. The van der Waals surface area contributed by atoms with Crippen LogP contribution in [0.4, 0.5) is 28.4 Å². The fraction of sp³-hybridized carbons (Fsp3) is 0. The van der Waals surface area contributed by atoms with Gasteiger partial charge < -0.3 is 21.4 Å². The lowest BCUT2D eigenvalue weighted by Crippen LogP contribution is -2.00. The summed E-state index contributed by atoms with van der Waals surface area (Å²) in [5.74, 6) is -1.65. The molecule has 3 rings (SSSR count). The summed E-state index contributed by atoms with van der Waals surface area (Å²) in [6.07, 6.45) is 0. The first-order valence-corrected chi connectivity index (χ1v) is 9.92. The zero-order valence-corrected chi connectivity index (χ0v) is 17.4. The van der Waals surface area contributed by atoms with Crippen LogP contribution in [0.1, 0.15) is 0 Å². The number of nitro groups is 2. The lowest BCUT2D eigenvalue weighted by atomic mass is 10.1.